The first-order chi connectivity index (χ1) is 5.11. The quantitative estimate of drug-likeness (QED) is 0.523. The highest BCUT2D eigenvalue weighted by atomic mass is 32.1. The molecule has 0 aliphatic rings. The Hall–Kier alpha value is -0.605. The second-order valence-corrected chi connectivity index (χ2v) is 3.55. The third-order valence-corrected chi connectivity index (χ3v) is 2.74. The van der Waals surface area contributed by atoms with Crippen molar-refractivity contribution in [2.45, 2.75) is 13.7 Å². The maximum Gasteiger partial charge on any atom is 0.330 e. The maximum absolute atomic E-state index is 10.8. The topological polar surface area (TPSA) is 37.3 Å². The van der Waals surface area contributed by atoms with Gasteiger partial charge in [-0.25, -0.2) is 0 Å². The van der Waals surface area contributed by atoms with Crippen molar-refractivity contribution in [2.24, 2.45) is 0 Å². The van der Waals surface area contributed by atoms with Crippen molar-refractivity contribution in [3.05, 3.63) is 17.0 Å². The summed E-state index contributed by atoms with van der Waals surface area (Å²) in [7, 11) is 0. The van der Waals surface area contributed by atoms with Crippen LogP contribution in [0.15, 0.2) is 12.1 Å². The normalized spacial score (nSPS) is 9.73. The molecule has 0 radical (unpaired) electrons. The first-order valence-corrected chi connectivity index (χ1v) is 4.21. The fourth-order valence-electron chi connectivity index (χ4n) is 0.767. The molecule has 11 heavy (non-hydrogen) atoms. The van der Waals surface area contributed by atoms with Crippen LogP contribution in [0.3, 0.4) is 0 Å². The third kappa shape index (κ3) is 1.91. The molecule has 0 bridgehead atoms. The van der Waals surface area contributed by atoms with E-state index in [9.17, 15) is 4.79 Å². The van der Waals surface area contributed by atoms with E-state index in [1.165, 1.54) is 18.3 Å². The summed E-state index contributed by atoms with van der Waals surface area (Å²) in [5, 5.41) is 9.12. The van der Waals surface area contributed by atoms with Crippen LogP contribution in [-0.2, 0) is 0 Å². The van der Waals surface area contributed by atoms with Gasteiger partial charge >= 0.3 is 6.92 Å². The second kappa shape index (κ2) is 3.20. The lowest BCUT2D eigenvalue weighted by molar-refractivity contribution is 0.102. The van der Waals surface area contributed by atoms with Gasteiger partial charge in [-0.05, 0) is 13.0 Å². The molecule has 0 saturated carbocycles. The number of Topliss-reactive ketones (excluding diaryl/α,β-unsaturated/α-hetero) is 1. The maximum atomic E-state index is 10.8. The molecule has 0 atom stereocenters. The van der Waals surface area contributed by atoms with Crippen LogP contribution in [0.4, 0.5) is 0 Å². The fourth-order valence-corrected chi connectivity index (χ4v) is 1.61. The number of ketones is 1. The lowest BCUT2D eigenvalue weighted by Gasteiger charge is -1.90. The predicted molar refractivity (Wildman–Crippen MR) is 47.8 cm³/mol. The summed E-state index contributed by atoms with van der Waals surface area (Å²) in [4.78, 5) is 11.5. The van der Waals surface area contributed by atoms with Crippen LogP contribution in [0, 0.1) is 0 Å². The Kier molecular flexibility index (Phi) is 2.47. The molecule has 0 spiro atoms. The summed E-state index contributed by atoms with van der Waals surface area (Å²) < 4.78 is 0.843. The number of thiophene rings is 1. The van der Waals surface area contributed by atoms with Crippen LogP contribution >= 0.6 is 11.3 Å². The minimum absolute atomic E-state index is 0.0573. The van der Waals surface area contributed by atoms with Crippen molar-refractivity contribution in [3.63, 3.8) is 0 Å². The van der Waals surface area contributed by atoms with Gasteiger partial charge in [0.1, 0.15) is 0 Å². The molecule has 0 amide bonds. The lowest BCUT2D eigenvalue weighted by Crippen LogP contribution is -2.22. The highest BCUT2D eigenvalue weighted by Gasteiger charge is 2.10. The third-order valence-electron chi connectivity index (χ3n) is 1.39. The molecule has 0 aliphatic heterocycles. The van der Waals surface area contributed by atoms with Crippen LogP contribution in [-0.4, -0.2) is 17.7 Å². The molecule has 58 valence electrons. The van der Waals surface area contributed by atoms with Gasteiger partial charge < -0.3 is 5.02 Å². The Morgan fingerprint density at radius 3 is 2.55 bits per heavy atom. The van der Waals surface area contributed by atoms with E-state index in [2.05, 4.69) is 0 Å². The van der Waals surface area contributed by atoms with Crippen LogP contribution in [0.2, 0.25) is 6.82 Å². The number of carbonyl (C=O) groups excluding carboxylic acids is 1. The van der Waals surface area contributed by atoms with Crippen LogP contribution in [0.1, 0.15) is 16.6 Å². The van der Waals surface area contributed by atoms with Gasteiger partial charge in [0.05, 0.1) is 4.88 Å². The first-order valence-electron chi connectivity index (χ1n) is 3.40. The zero-order valence-electron chi connectivity index (χ0n) is 6.50. The minimum atomic E-state index is -0.465. The molecule has 0 aliphatic carbocycles. The zero-order chi connectivity index (χ0) is 8.43. The molecule has 1 aromatic heterocycles. The second-order valence-electron chi connectivity index (χ2n) is 2.43. The van der Waals surface area contributed by atoms with E-state index >= 15 is 0 Å². The Morgan fingerprint density at radius 1 is 1.64 bits per heavy atom. The van der Waals surface area contributed by atoms with E-state index in [1.54, 1.807) is 19.0 Å². The summed E-state index contributed by atoms with van der Waals surface area (Å²) in [6, 6.07) is 3.53. The Morgan fingerprint density at radius 2 is 2.27 bits per heavy atom. The fraction of sp³-hybridized carbons (Fsp3) is 0.286. The lowest BCUT2D eigenvalue weighted by atomic mass is 9.71. The summed E-state index contributed by atoms with van der Waals surface area (Å²) >= 11 is 1.35. The number of rotatable bonds is 2. The largest absolute Gasteiger partial charge is 0.446 e. The molecule has 0 unspecified atom stereocenters. The Bertz CT molecular complexity index is 267. The molecule has 4 heteroatoms. The van der Waals surface area contributed by atoms with Crippen molar-refractivity contribution in [3.8, 4) is 0 Å². The molecular formula is C7H9BO2S. The van der Waals surface area contributed by atoms with Crippen molar-refractivity contribution < 1.29 is 9.82 Å². The van der Waals surface area contributed by atoms with E-state index in [-0.39, 0.29) is 5.78 Å². The number of hydrogen-bond donors (Lipinski definition) is 1. The molecule has 0 aromatic carbocycles. The van der Waals surface area contributed by atoms with Crippen LogP contribution in [0.25, 0.3) is 0 Å². The van der Waals surface area contributed by atoms with Crippen molar-refractivity contribution in [1.82, 2.24) is 0 Å². The number of hydrogen-bond acceptors (Lipinski definition) is 3. The Balaban J connectivity index is 2.90. The average molecular weight is 168 g/mol. The van der Waals surface area contributed by atoms with E-state index in [4.69, 9.17) is 5.02 Å². The molecule has 1 N–H and O–H groups in total. The highest BCUT2D eigenvalue weighted by Crippen LogP contribution is 2.07. The summed E-state index contributed by atoms with van der Waals surface area (Å²) in [6.45, 7) is 2.75. The predicted octanol–water partition coefficient (Wildman–Crippen LogP) is 0.771. The van der Waals surface area contributed by atoms with E-state index < -0.39 is 6.92 Å². The average Bonchev–Trinajstić information content (AvgIpc) is 2.33. The van der Waals surface area contributed by atoms with Crippen molar-refractivity contribution >= 4 is 28.8 Å². The van der Waals surface area contributed by atoms with Crippen LogP contribution < -0.4 is 4.78 Å². The molecule has 2 nitrogen and oxygen atoms in total. The standard InChI is InChI=1S/C7H9BO2S/c1-5(9)6-3-4-7(11-6)8(2)10/h3-4,10H,1-2H3. The van der Waals surface area contributed by atoms with Gasteiger partial charge in [-0.3, -0.25) is 4.79 Å². The first kappa shape index (κ1) is 8.49. The monoisotopic (exact) mass is 168 g/mol. The van der Waals surface area contributed by atoms with Gasteiger partial charge in [-0.1, -0.05) is 12.9 Å². The van der Waals surface area contributed by atoms with Gasteiger partial charge in [0, 0.05) is 4.78 Å². The van der Waals surface area contributed by atoms with Gasteiger partial charge in [-0.15, -0.1) is 11.3 Å². The Labute approximate surface area is 70.0 Å². The smallest absolute Gasteiger partial charge is 0.330 e. The molecule has 0 saturated heterocycles. The minimum Gasteiger partial charge on any atom is -0.446 e. The van der Waals surface area contributed by atoms with E-state index in [1.807, 2.05) is 0 Å². The molecule has 1 rings (SSSR count). The molecular weight excluding hydrogens is 159 g/mol. The van der Waals surface area contributed by atoms with Gasteiger partial charge in [-0.2, -0.15) is 0 Å². The summed E-state index contributed by atoms with van der Waals surface area (Å²) in [5.74, 6) is 0.0573. The zero-order valence-corrected chi connectivity index (χ0v) is 7.31. The highest BCUT2D eigenvalue weighted by molar-refractivity contribution is 7.24. The SMILES string of the molecule is CB(O)c1ccc(C(C)=O)s1. The van der Waals surface area contributed by atoms with Crippen molar-refractivity contribution in [1.29, 1.82) is 0 Å². The molecule has 0 fully saturated rings. The molecule has 1 aromatic rings. The summed E-state index contributed by atoms with van der Waals surface area (Å²) in [6.07, 6.45) is 0. The van der Waals surface area contributed by atoms with Gasteiger partial charge in [0.25, 0.3) is 0 Å². The van der Waals surface area contributed by atoms with Crippen LogP contribution in [0.5, 0.6) is 0 Å². The molecule has 1 heterocycles. The van der Waals surface area contributed by atoms with E-state index in [0.717, 1.165) is 4.78 Å². The summed E-state index contributed by atoms with van der Waals surface area (Å²) in [5.41, 5.74) is 0. The van der Waals surface area contributed by atoms with Crippen molar-refractivity contribution in [2.75, 3.05) is 0 Å². The van der Waals surface area contributed by atoms with Gasteiger partial charge in [0.15, 0.2) is 5.78 Å². The number of carbonyl (C=O) groups is 1. The van der Waals surface area contributed by atoms with E-state index in [0.29, 0.717) is 4.88 Å². The van der Waals surface area contributed by atoms with Gasteiger partial charge in [0.2, 0.25) is 0 Å².